The van der Waals surface area contributed by atoms with E-state index in [-0.39, 0.29) is 11.7 Å². The van der Waals surface area contributed by atoms with Crippen molar-refractivity contribution in [2.45, 2.75) is 64.4 Å². The van der Waals surface area contributed by atoms with Crippen LogP contribution in [0.5, 0.6) is 0 Å². The zero-order valence-corrected chi connectivity index (χ0v) is 9.38. The highest BCUT2D eigenvalue weighted by atomic mass is 16.3. The van der Waals surface area contributed by atoms with Gasteiger partial charge < -0.3 is 5.11 Å². The summed E-state index contributed by atoms with van der Waals surface area (Å²) in [6.07, 6.45) is 6.51. The number of Topliss-reactive ketones (excluding diaryl/α,β-unsaturated/α-hetero) is 1. The molecule has 1 atom stereocenters. The van der Waals surface area contributed by atoms with E-state index in [1.165, 1.54) is 0 Å². The summed E-state index contributed by atoms with van der Waals surface area (Å²) in [6.45, 7) is 3.92. The average molecular weight is 198 g/mol. The Kier molecular flexibility index (Phi) is 4.11. The van der Waals surface area contributed by atoms with E-state index < -0.39 is 5.60 Å². The molecule has 0 aromatic rings. The van der Waals surface area contributed by atoms with E-state index in [0.717, 1.165) is 32.1 Å². The molecule has 1 aliphatic rings. The molecule has 0 radical (unpaired) electrons. The van der Waals surface area contributed by atoms with E-state index in [2.05, 4.69) is 0 Å². The van der Waals surface area contributed by atoms with Gasteiger partial charge in [-0.1, -0.05) is 39.5 Å². The number of hydrogen-bond donors (Lipinski definition) is 1. The molecule has 0 aromatic heterocycles. The summed E-state index contributed by atoms with van der Waals surface area (Å²) in [7, 11) is 0. The fraction of sp³-hybridized carbons (Fsp3) is 0.917. The molecule has 2 heteroatoms. The van der Waals surface area contributed by atoms with E-state index in [0.29, 0.717) is 12.8 Å². The number of carbonyl (C=O) groups excluding carboxylic acids is 1. The number of ketones is 1. The Labute approximate surface area is 86.7 Å². The molecule has 0 aromatic carbocycles. The lowest BCUT2D eigenvalue weighted by molar-refractivity contribution is -0.142. The van der Waals surface area contributed by atoms with Crippen molar-refractivity contribution in [2.75, 3.05) is 0 Å². The molecule has 82 valence electrons. The topological polar surface area (TPSA) is 37.3 Å². The normalized spacial score (nSPS) is 23.9. The first kappa shape index (κ1) is 11.7. The molecule has 0 spiro atoms. The van der Waals surface area contributed by atoms with E-state index in [9.17, 15) is 9.90 Å². The largest absolute Gasteiger partial charge is 0.382 e. The summed E-state index contributed by atoms with van der Waals surface area (Å²) >= 11 is 0. The summed E-state index contributed by atoms with van der Waals surface area (Å²) in [5.41, 5.74) is -0.994. The van der Waals surface area contributed by atoms with Gasteiger partial charge in [-0.2, -0.15) is 0 Å². The minimum atomic E-state index is -0.994. The zero-order chi connectivity index (χ0) is 10.6. The van der Waals surface area contributed by atoms with E-state index in [1.807, 2.05) is 13.8 Å². The standard InChI is InChI=1S/C12H22O2/c1-3-10(2)11(13)12(14)8-6-4-5-7-9-12/h10,14H,3-9H2,1-2H3. The van der Waals surface area contributed by atoms with Gasteiger partial charge in [0.1, 0.15) is 5.60 Å². The molecule has 1 fully saturated rings. The number of aliphatic hydroxyl groups is 1. The third-order valence-electron chi connectivity index (χ3n) is 3.45. The monoisotopic (exact) mass is 198 g/mol. The molecule has 1 N–H and O–H groups in total. The van der Waals surface area contributed by atoms with Gasteiger partial charge in [0.05, 0.1) is 0 Å². The van der Waals surface area contributed by atoms with Crippen molar-refractivity contribution in [1.82, 2.24) is 0 Å². The summed E-state index contributed by atoms with van der Waals surface area (Å²) in [5, 5.41) is 10.3. The highest BCUT2D eigenvalue weighted by Crippen LogP contribution is 2.30. The van der Waals surface area contributed by atoms with Crippen LogP contribution in [0.3, 0.4) is 0 Å². The predicted octanol–water partition coefficient (Wildman–Crippen LogP) is 2.69. The Morgan fingerprint density at radius 3 is 2.21 bits per heavy atom. The quantitative estimate of drug-likeness (QED) is 0.708. The third-order valence-corrected chi connectivity index (χ3v) is 3.45. The van der Waals surface area contributed by atoms with Crippen LogP contribution in [0.2, 0.25) is 0 Å². The number of rotatable bonds is 3. The van der Waals surface area contributed by atoms with Crippen molar-refractivity contribution in [1.29, 1.82) is 0 Å². The summed E-state index contributed by atoms with van der Waals surface area (Å²) in [4.78, 5) is 12.0. The lowest BCUT2D eigenvalue weighted by atomic mass is 9.83. The first-order valence-electron chi connectivity index (χ1n) is 5.87. The van der Waals surface area contributed by atoms with Crippen molar-refractivity contribution < 1.29 is 9.90 Å². The first-order valence-corrected chi connectivity index (χ1v) is 5.87. The maximum absolute atomic E-state index is 12.0. The lowest BCUT2D eigenvalue weighted by Crippen LogP contribution is -2.41. The van der Waals surface area contributed by atoms with Crippen molar-refractivity contribution in [2.24, 2.45) is 5.92 Å². The van der Waals surface area contributed by atoms with Crippen LogP contribution in [-0.2, 0) is 4.79 Å². The molecule has 14 heavy (non-hydrogen) atoms. The maximum atomic E-state index is 12.0. The maximum Gasteiger partial charge on any atom is 0.167 e. The van der Waals surface area contributed by atoms with E-state index >= 15 is 0 Å². The van der Waals surface area contributed by atoms with Gasteiger partial charge in [-0.05, 0) is 19.3 Å². The fourth-order valence-electron chi connectivity index (χ4n) is 2.20. The summed E-state index contributed by atoms with van der Waals surface area (Å²) in [5.74, 6) is 0.0833. The molecule has 0 amide bonds. The molecule has 0 saturated heterocycles. The minimum absolute atomic E-state index is 0.0121. The SMILES string of the molecule is CCC(C)C(=O)C1(O)CCCCCC1. The molecular weight excluding hydrogens is 176 g/mol. The molecule has 1 rings (SSSR count). The van der Waals surface area contributed by atoms with Crippen LogP contribution in [0, 0.1) is 5.92 Å². The van der Waals surface area contributed by atoms with Crippen molar-refractivity contribution in [3.8, 4) is 0 Å². The third kappa shape index (κ3) is 2.57. The number of carbonyl (C=O) groups is 1. The van der Waals surface area contributed by atoms with Gasteiger partial charge in [-0.15, -0.1) is 0 Å². The van der Waals surface area contributed by atoms with Gasteiger partial charge in [-0.25, -0.2) is 0 Å². The fourth-order valence-corrected chi connectivity index (χ4v) is 2.20. The Morgan fingerprint density at radius 2 is 1.79 bits per heavy atom. The molecule has 1 saturated carbocycles. The van der Waals surface area contributed by atoms with Crippen LogP contribution >= 0.6 is 0 Å². The van der Waals surface area contributed by atoms with Crippen LogP contribution in [0.25, 0.3) is 0 Å². The molecule has 0 heterocycles. The molecule has 0 bridgehead atoms. The predicted molar refractivity (Wildman–Crippen MR) is 57.1 cm³/mol. The highest BCUT2D eigenvalue weighted by molar-refractivity contribution is 5.88. The molecule has 1 aliphatic carbocycles. The molecule has 2 nitrogen and oxygen atoms in total. The van der Waals surface area contributed by atoms with Crippen molar-refractivity contribution in [3.05, 3.63) is 0 Å². The Balaban J connectivity index is 2.65. The van der Waals surface area contributed by atoms with Gasteiger partial charge in [0.25, 0.3) is 0 Å². The Hall–Kier alpha value is -0.370. The average Bonchev–Trinajstić information content (AvgIpc) is 2.41. The second-order valence-corrected chi connectivity index (χ2v) is 4.62. The Morgan fingerprint density at radius 1 is 1.29 bits per heavy atom. The van der Waals surface area contributed by atoms with Gasteiger partial charge in [-0.3, -0.25) is 4.79 Å². The van der Waals surface area contributed by atoms with Crippen LogP contribution in [0.4, 0.5) is 0 Å². The van der Waals surface area contributed by atoms with Crippen molar-refractivity contribution >= 4 is 5.78 Å². The van der Waals surface area contributed by atoms with Crippen LogP contribution in [0.15, 0.2) is 0 Å². The van der Waals surface area contributed by atoms with E-state index in [1.54, 1.807) is 0 Å². The molecule has 0 aliphatic heterocycles. The van der Waals surface area contributed by atoms with Crippen molar-refractivity contribution in [3.63, 3.8) is 0 Å². The van der Waals surface area contributed by atoms with Gasteiger partial charge in [0.2, 0.25) is 0 Å². The summed E-state index contributed by atoms with van der Waals surface area (Å²) in [6, 6.07) is 0. The van der Waals surface area contributed by atoms with Crippen LogP contribution < -0.4 is 0 Å². The second kappa shape index (κ2) is 4.92. The minimum Gasteiger partial charge on any atom is -0.382 e. The molecule has 1 unspecified atom stereocenters. The lowest BCUT2D eigenvalue weighted by Gasteiger charge is -2.27. The summed E-state index contributed by atoms with van der Waals surface area (Å²) < 4.78 is 0. The first-order chi connectivity index (χ1) is 6.60. The highest BCUT2D eigenvalue weighted by Gasteiger charge is 2.37. The van der Waals surface area contributed by atoms with Gasteiger partial charge >= 0.3 is 0 Å². The van der Waals surface area contributed by atoms with Crippen LogP contribution in [0.1, 0.15) is 58.8 Å². The van der Waals surface area contributed by atoms with Gasteiger partial charge in [0, 0.05) is 5.92 Å². The number of hydrogen-bond acceptors (Lipinski definition) is 2. The van der Waals surface area contributed by atoms with Crippen LogP contribution in [-0.4, -0.2) is 16.5 Å². The second-order valence-electron chi connectivity index (χ2n) is 4.62. The van der Waals surface area contributed by atoms with E-state index in [4.69, 9.17) is 0 Å². The molecular formula is C12H22O2. The Bertz CT molecular complexity index is 190. The van der Waals surface area contributed by atoms with Gasteiger partial charge in [0.15, 0.2) is 5.78 Å². The smallest absolute Gasteiger partial charge is 0.167 e. The zero-order valence-electron chi connectivity index (χ0n) is 9.38.